The van der Waals surface area contributed by atoms with Gasteiger partial charge in [0.2, 0.25) is 0 Å². The molecule has 0 amide bonds. The van der Waals surface area contributed by atoms with Crippen molar-refractivity contribution in [1.82, 2.24) is 4.90 Å². The van der Waals surface area contributed by atoms with Gasteiger partial charge in [-0.05, 0) is 24.3 Å². The van der Waals surface area contributed by atoms with Gasteiger partial charge in [-0.15, -0.1) is 11.3 Å². The fourth-order valence-electron chi connectivity index (χ4n) is 2.77. The second kappa shape index (κ2) is 6.24. The lowest BCUT2D eigenvalue weighted by atomic mass is 10.1. The molecule has 0 spiro atoms. The quantitative estimate of drug-likeness (QED) is 0.865. The molecule has 1 aliphatic rings. The minimum absolute atomic E-state index is 0.0237. The molecule has 2 heterocycles. The first kappa shape index (κ1) is 15.5. The Hall–Kier alpha value is -0.920. The van der Waals surface area contributed by atoms with E-state index in [1.54, 1.807) is 11.3 Å². The minimum Gasteiger partial charge on any atom is -0.480 e. The van der Waals surface area contributed by atoms with Gasteiger partial charge in [-0.3, -0.25) is 9.69 Å². The number of carbonyl (C=O) groups is 1. The number of sulfone groups is 1. The predicted molar refractivity (Wildman–Crippen MR) is 78.8 cm³/mol. The SMILES string of the molecule is CCC(c1cccs1)N(CC(=O)O)C1CCS(=O)(=O)C1. The molecule has 20 heavy (non-hydrogen) atoms. The van der Waals surface area contributed by atoms with Crippen molar-refractivity contribution in [2.24, 2.45) is 0 Å². The molecule has 0 aromatic carbocycles. The topological polar surface area (TPSA) is 74.7 Å². The van der Waals surface area contributed by atoms with Crippen molar-refractivity contribution in [3.8, 4) is 0 Å². The maximum absolute atomic E-state index is 11.7. The highest BCUT2D eigenvalue weighted by Gasteiger charge is 2.36. The van der Waals surface area contributed by atoms with Crippen molar-refractivity contribution < 1.29 is 18.3 Å². The lowest BCUT2D eigenvalue weighted by Gasteiger charge is -2.33. The van der Waals surface area contributed by atoms with Gasteiger partial charge >= 0.3 is 5.97 Å². The third kappa shape index (κ3) is 3.59. The number of carboxylic acids is 1. The third-order valence-electron chi connectivity index (χ3n) is 3.65. The van der Waals surface area contributed by atoms with Gasteiger partial charge < -0.3 is 5.11 Å². The Morgan fingerprint density at radius 1 is 1.60 bits per heavy atom. The van der Waals surface area contributed by atoms with Gasteiger partial charge in [-0.1, -0.05) is 13.0 Å². The zero-order valence-electron chi connectivity index (χ0n) is 11.4. The summed E-state index contributed by atoms with van der Waals surface area (Å²) in [5.74, 6) is -0.680. The highest BCUT2D eigenvalue weighted by molar-refractivity contribution is 7.91. The van der Waals surface area contributed by atoms with Gasteiger partial charge in [0.05, 0.1) is 18.1 Å². The lowest BCUT2D eigenvalue weighted by molar-refractivity contribution is -0.139. The van der Waals surface area contributed by atoms with Crippen LogP contribution >= 0.6 is 11.3 Å². The molecule has 1 aromatic rings. The Balaban J connectivity index is 2.24. The van der Waals surface area contributed by atoms with Crippen LogP contribution < -0.4 is 0 Å². The third-order valence-corrected chi connectivity index (χ3v) is 6.38. The van der Waals surface area contributed by atoms with Crippen molar-refractivity contribution in [1.29, 1.82) is 0 Å². The second-order valence-electron chi connectivity index (χ2n) is 5.06. The van der Waals surface area contributed by atoms with Crippen molar-refractivity contribution in [3.05, 3.63) is 22.4 Å². The molecular weight excluding hydrogens is 298 g/mol. The van der Waals surface area contributed by atoms with E-state index in [-0.39, 0.29) is 30.1 Å². The van der Waals surface area contributed by atoms with Crippen LogP contribution in [0.2, 0.25) is 0 Å². The second-order valence-corrected chi connectivity index (χ2v) is 8.27. The first-order valence-electron chi connectivity index (χ1n) is 6.64. The first-order valence-corrected chi connectivity index (χ1v) is 9.34. The van der Waals surface area contributed by atoms with Crippen molar-refractivity contribution >= 4 is 27.1 Å². The van der Waals surface area contributed by atoms with E-state index in [2.05, 4.69) is 0 Å². The number of thiophene rings is 1. The normalized spacial score (nSPS) is 23.0. The summed E-state index contributed by atoms with van der Waals surface area (Å²) in [6.07, 6.45) is 1.29. The van der Waals surface area contributed by atoms with E-state index in [1.165, 1.54) is 0 Å². The zero-order chi connectivity index (χ0) is 14.8. The van der Waals surface area contributed by atoms with Gasteiger partial charge in [-0.25, -0.2) is 8.42 Å². The van der Waals surface area contributed by atoms with E-state index in [4.69, 9.17) is 5.11 Å². The number of hydrogen-bond donors (Lipinski definition) is 1. The van der Waals surface area contributed by atoms with Gasteiger partial charge in [0.25, 0.3) is 0 Å². The molecular formula is C13H19NO4S2. The molecule has 2 unspecified atom stereocenters. The van der Waals surface area contributed by atoms with Crippen LogP contribution in [0, 0.1) is 0 Å². The van der Waals surface area contributed by atoms with E-state index >= 15 is 0 Å². The number of hydrogen-bond acceptors (Lipinski definition) is 5. The Labute approximate surface area is 123 Å². The maximum Gasteiger partial charge on any atom is 0.317 e. The molecule has 0 bridgehead atoms. The summed E-state index contributed by atoms with van der Waals surface area (Å²) in [5.41, 5.74) is 0. The van der Waals surface area contributed by atoms with E-state index in [9.17, 15) is 13.2 Å². The Kier molecular flexibility index (Phi) is 4.82. The van der Waals surface area contributed by atoms with Gasteiger partial charge in [0.1, 0.15) is 0 Å². The van der Waals surface area contributed by atoms with E-state index in [1.807, 2.05) is 29.3 Å². The Morgan fingerprint density at radius 3 is 2.80 bits per heavy atom. The smallest absolute Gasteiger partial charge is 0.317 e. The average molecular weight is 317 g/mol. The van der Waals surface area contributed by atoms with E-state index in [0.29, 0.717) is 6.42 Å². The average Bonchev–Trinajstić information content (AvgIpc) is 2.98. The zero-order valence-corrected chi connectivity index (χ0v) is 13.0. The lowest BCUT2D eigenvalue weighted by Crippen LogP contribution is -2.42. The largest absolute Gasteiger partial charge is 0.480 e. The fraction of sp³-hybridized carbons (Fsp3) is 0.615. The summed E-state index contributed by atoms with van der Waals surface area (Å²) in [5, 5.41) is 11.1. The minimum atomic E-state index is -3.02. The Bertz CT molecular complexity index is 553. The monoisotopic (exact) mass is 317 g/mol. The maximum atomic E-state index is 11.7. The van der Waals surface area contributed by atoms with Crippen LogP contribution in [0.15, 0.2) is 17.5 Å². The van der Waals surface area contributed by atoms with Crippen molar-refractivity contribution in [2.75, 3.05) is 18.1 Å². The van der Waals surface area contributed by atoms with Gasteiger partial charge in [0.15, 0.2) is 9.84 Å². The summed E-state index contributed by atoms with van der Waals surface area (Å²) in [6, 6.07) is 3.71. The molecule has 1 N–H and O–H groups in total. The molecule has 0 radical (unpaired) electrons. The van der Waals surface area contributed by atoms with Crippen LogP contribution in [0.5, 0.6) is 0 Å². The molecule has 0 saturated carbocycles. The van der Waals surface area contributed by atoms with Crippen LogP contribution in [0.3, 0.4) is 0 Å². The van der Waals surface area contributed by atoms with Gasteiger partial charge in [0, 0.05) is 17.0 Å². The number of aliphatic carboxylic acids is 1. The highest BCUT2D eigenvalue weighted by Crippen LogP contribution is 2.32. The summed E-state index contributed by atoms with van der Waals surface area (Å²) >= 11 is 1.59. The van der Waals surface area contributed by atoms with Crippen molar-refractivity contribution in [3.63, 3.8) is 0 Å². The van der Waals surface area contributed by atoms with Crippen LogP contribution in [0.25, 0.3) is 0 Å². The molecule has 2 rings (SSSR count). The predicted octanol–water partition coefficient (Wildman–Crippen LogP) is 1.77. The summed E-state index contributed by atoms with van der Waals surface area (Å²) in [6.45, 7) is 1.89. The van der Waals surface area contributed by atoms with Crippen LogP contribution in [-0.2, 0) is 14.6 Å². The van der Waals surface area contributed by atoms with E-state index < -0.39 is 15.8 Å². The van der Waals surface area contributed by atoms with E-state index in [0.717, 1.165) is 11.3 Å². The molecule has 7 heteroatoms. The molecule has 0 aliphatic carbocycles. The van der Waals surface area contributed by atoms with Crippen molar-refractivity contribution in [2.45, 2.75) is 31.8 Å². The molecule has 1 fully saturated rings. The molecule has 2 atom stereocenters. The molecule has 5 nitrogen and oxygen atoms in total. The van der Waals surface area contributed by atoms with Crippen LogP contribution in [0.1, 0.15) is 30.7 Å². The number of carboxylic acid groups (broad SMARTS) is 1. The van der Waals surface area contributed by atoms with Gasteiger partial charge in [-0.2, -0.15) is 0 Å². The number of nitrogens with zero attached hydrogens (tertiary/aromatic N) is 1. The van der Waals surface area contributed by atoms with Crippen LogP contribution in [0.4, 0.5) is 0 Å². The highest BCUT2D eigenvalue weighted by atomic mass is 32.2. The number of rotatable bonds is 6. The first-order chi connectivity index (χ1) is 9.43. The summed E-state index contributed by atoms with van der Waals surface area (Å²) in [7, 11) is -3.02. The standard InChI is InChI=1S/C13H19NO4S2/c1-2-11(12-4-3-6-19-12)14(8-13(15)16)10-5-7-20(17,18)9-10/h3-4,6,10-11H,2,5,7-9H2,1H3,(H,15,16). The Morgan fingerprint density at radius 2 is 2.35 bits per heavy atom. The molecule has 1 saturated heterocycles. The molecule has 1 aliphatic heterocycles. The molecule has 112 valence electrons. The summed E-state index contributed by atoms with van der Waals surface area (Å²) in [4.78, 5) is 14.1. The molecule has 1 aromatic heterocycles. The van der Waals surface area contributed by atoms with Crippen LogP contribution in [-0.4, -0.2) is 48.5 Å². The fourth-order valence-corrected chi connectivity index (χ4v) is 5.44. The summed E-state index contributed by atoms with van der Waals surface area (Å²) < 4.78 is 23.3.